The number of rotatable bonds is 6. The van der Waals surface area contributed by atoms with Gasteiger partial charge < -0.3 is 14.6 Å². The highest BCUT2D eigenvalue weighted by Gasteiger charge is 2.24. The molecular weight excluding hydrogens is 474 g/mol. The predicted molar refractivity (Wildman–Crippen MR) is 137 cm³/mol. The molecule has 0 aliphatic heterocycles. The molecule has 9 nitrogen and oxygen atoms in total. The number of anilines is 1. The number of fused-ring (bicyclic) bond motifs is 2. The molecular formula is C26H25N7O2S. The zero-order valence-electron chi connectivity index (χ0n) is 20.0. The Kier molecular flexibility index (Phi) is 6.50. The summed E-state index contributed by atoms with van der Waals surface area (Å²) in [6.07, 6.45) is 6.26. The van der Waals surface area contributed by atoms with Crippen LogP contribution in [0.1, 0.15) is 49.0 Å². The lowest BCUT2D eigenvalue weighted by molar-refractivity contribution is 0.0946. The molecule has 0 radical (unpaired) electrons. The highest BCUT2D eigenvalue weighted by Crippen LogP contribution is 2.31. The number of hydrogen-bond donors (Lipinski definition) is 2. The molecule has 0 spiro atoms. The van der Waals surface area contributed by atoms with E-state index in [-0.39, 0.29) is 24.1 Å². The number of pyridine rings is 1. The van der Waals surface area contributed by atoms with Crippen LogP contribution in [-0.2, 0) is 19.4 Å². The van der Waals surface area contributed by atoms with Gasteiger partial charge in [0.05, 0.1) is 17.3 Å². The van der Waals surface area contributed by atoms with Crippen molar-refractivity contribution < 1.29 is 9.59 Å². The number of nitriles is 1. The molecule has 182 valence electrons. The number of amides is 2. The van der Waals surface area contributed by atoms with E-state index in [2.05, 4.69) is 45.7 Å². The van der Waals surface area contributed by atoms with E-state index in [1.165, 1.54) is 4.88 Å². The first-order valence-electron chi connectivity index (χ1n) is 11.6. The van der Waals surface area contributed by atoms with Crippen LogP contribution in [0.2, 0.25) is 0 Å². The zero-order chi connectivity index (χ0) is 25.2. The Balaban J connectivity index is 1.22. The second-order valence-corrected chi connectivity index (χ2v) is 10.1. The molecule has 2 N–H and O–H groups in total. The number of imidazole rings is 1. The van der Waals surface area contributed by atoms with E-state index in [0.717, 1.165) is 30.5 Å². The van der Waals surface area contributed by atoms with Gasteiger partial charge in [-0.15, -0.1) is 11.3 Å². The van der Waals surface area contributed by atoms with Crippen LogP contribution >= 0.6 is 11.3 Å². The number of benzene rings is 1. The number of nitrogens with one attached hydrogen (secondary N) is 2. The van der Waals surface area contributed by atoms with Gasteiger partial charge >= 0.3 is 0 Å². The lowest BCUT2D eigenvalue weighted by Crippen LogP contribution is -2.32. The van der Waals surface area contributed by atoms with Crippen LogP contribution in [0, 0.1) is 11.3 Å². The molecule has 4 aromatic rings. The maximum Gasteiger partial charge on any atom is 0.271 e. The molecule has 0 saturated heterocycles. The van der Waals surface area contributed by atoms with E-state index in [0.29, 0.717) is 27.9 Å². The van der Waals surface area contributed by atoms with E-state index in [1.807, 2.05) is 6.07 Å². The summed E-state index contributed by atoms with van der Waals surface area (Å²) >= 11 is 1.55. The Bertz CT molecular complexity index is 1500. The zero-order valence-corrected chi connectivity index (χ0v) is 20.8. The summed E-state index contributed by atoms with van der Waals surface area (Å²) in [4.78, 5) is 37.9. The first-order chi connectivity index (χ1) is 17.4. The summed E-state index contributed by atoms with van der Waals surface area (Å²) in [5, 5.41) is 15.4. The Morgan fingerprint density at radius 1 is 1.22 bits per heavy atom. The third-order valence-corrected chi connectivity index (χ3v) is 7.36. The van der Waals surface area contributed by atoms with E-state index in [1.54, 1.807) is 58.5 Å². The van der Waals surface area contributed by atoms with E-state index < -0.39 is 0 Å². The minimum atomic E-state index is -0.337. The van der Waals surface area contributed by atoms with Gasteiger partial charge in [-0.2, -0.15) is 5.26 Å². The van der Waals surface area contributed by atoms with Gasteiger partial charge in [-0.05, 0) is 63.2 Å². The Hall–Kier alpha value is -4.07. The summed E-state index contributed by atoms with van der Waals surface area (Å²) in [6.45, 7) is 0.245. The molecule has 3 heterocycles. The van der Waals surface area contributed by atoms with Crippen molar-refractivity contribution >= 4 is 33.9 Å². The average Bonchev–Trinajstić information content (AvgIpc) is 3.49. The Morgan fingerprint density at radius 2 is 2.08 bits per heavy atom. The fourth-order valence-corrected chi connectivity index (χ4v) is 5.35. The van der Waals surface area contributed by atoms with Crippen LogP contribution in [0.25, 0.3) is 5.65 Å². The van der Waals surface area contributed by atoms with Crippen LogP contribution in [0.4, 0.5) is 5.13 Å². The van der Waals surface area contributed by atoms with Gasteiger partial charge in [0.1, 0.15) is 11.3 Å². The lowest BCUT2D eigenvalue weighted by atomic mass is 9.97. The van der Waals surface area contributed by atoms with Crippen LogP contribution < -0.4 is 10.6 Å². The maximum atomic E-state index is 12.9. The number of aryl methyl sites for hydroxylation is 1. The molecule has 3 aromatic heterocycles. The third kappa shape index (κ3) is 4.98. The molecule has 1 atom stereocenters. The Labute approximate surface area is 212 Å². The summed E-state index contributed by atoms with van der Waals surface area (Å²) in [5.74, 6) is -0.566. The largest absolute Gasteiger partial charge is 0.347 e. The monoisotopic (exact) mass is 499 g/mol. The molecule has 1 aliphatic rings. The van der Waals surface area contributed by atoms with Crippen molar-refractivity contribution in [2.45, 2.75) is 31.8 Å². The molecule has 10 heteroatoms. The molecule has 1 aromatic carbocycles. The number of thiazole rings is 1. The minimum absolute atomic E-state index is 0.230. The number of carbonyl (C=O) groups excluding carboxylic acids is 2. The van der Waals surface area contributed by atoms with Crippen LogP contribution in [0.5, 0.6) is 0 Å². The van der Waals surface area contributed by atoms with Gasteiger partial charge in [0, 0.05) is 35.4 Å². The second kappa shape index (κ2) is 9.89. The van der Waals surface area contributed by atoms with Crippen LogP contribution in [0.3, 0.4) is 0 Å². The van der Waals surface area contributed by atoms with E-state index in [4.69, 9.17) is 5.26 Å². The van der Waals surface area contributed by atoms with Crippen LogP contribution in [0.15, 0.2) is 48.8 Å². The summed E-state index contributed by atoms with van der Waals surface area (Å²) < 4.78 is 1.69. The van der Waals surface area contributed by atoms with Gasteiger partial charge in [0.15, 0.2) is 5.13 Å². The van der Waals surface area contributed by atoms with Gasteiger partial charge in [-0.25, -0.2) is 9.97 Å². The highest BCUT2D eigenvalue weighted by atomic mass is 32.1. The number of likely N-dealkylation sites (N-methyl/N-ethyl adjacent to an activating group) is 1. The fourth-order valence-electron chi connectivity index (χ4n) is 4.28. The van der Waals surface area contributed by atoms with Crippen molar-refractivity contribution in [1.82, 2.24) is 24.6 Å². The maximum absolute atomic E-state index is 12.9. The average molecular weight is 500 g/mol. The highest BCUT2D eigenvalue weighted by molar-refractivity contribution is 7.15. The van der Waals surface area contributed by atoms with Crippen LogP contribution in [-0.4, -0.2) is 51.2 Å². The molecule has 5 rings (SSSR count). The van der Waals surface area contributed by atoms with Crippen molar-refractivity contribution in [3.63, 3.8) is 0 Å². The van der Waals surface area contributed by atoms with E-state index in [9.17, 15) is 9.59 Å². The predicted octanol–water partition coefficient (Wildman–Crippen LogP) is 3.26. The standard InChI is InChI=1S/C26H25N7O2S/c1-32(2)19-6-7-20-22(12-19)36-26(30-20)31-24(34)18-5-3-4-17(10-18)14-28-25(35)21-15-33-9-8-16(13-27)11-23(33)29-21/h3-5,8-11,15,19H,6-7,12,14H2,1-2H3,(H,28,35)(H,30,31,34)/t19-/m0/s1. The van der Waals surface area contributed by atoms with Gasteiger partial charge in [0.25, 0.3) is 11.8 Å². The van der Waals surface area contributed by atoms with Crippen molar-refractivity contribution in [3.8, 4) is 6.07 Å². The quantitative estimate of drug-likeness (QED) is 0.421. The number of hydrogen-bond acceptors (Lipinski definition) is 7. The first kappa shape index (κ1) is 23.7. The topological polar surface area (TPSA) is 115 Å². The number of carbonyl (C=O) groups is 2. The first-order valence-corrected chi connectivity index (χ1v) is 12.4. The second-order valence-electron chi connectivity index (χ2n) is 9.01. The Morgan fingerprint density at radius 3 is 2.89 bits per heavy atom. The minimum Gasteiger partial charge on any atom is -0.347 e. The molecule has 2 amide bonds. The smallest absolute Gasteiger partial charge is 0.271 e. The number of nitrogens with zero attached hydrogens (tertiary/aromatic N) is 5. The van der Waals surface area contributed by atoms with E-state index >= 15 is 0 Å². The normalized spacial score (nSPS) is 14.9. The molecule has 0 bridgehead atoms. The molecule has 36 heavy (non-hydrogen) atoms. The SMILES string of the molecule is CN(C)[C@H]1CCc2nc(NC(=O)c3cccc(CNC(=O)c4cn5ccc(C#N)cc5n4)c3)sc2C1. The van der Waals surface area contributed by atoms with Gasteiger partial charge in [0.2, 0.25) is 0 Å². The van der Waals surface area contributed by atoms with Gasteiger partial charge in [-0.1, -0.05) is 12.1 Å². The summed E-state index contributed by atoms with van der Waals surface area (Å²) in [5.41, 5.74) is 3.63. The van der Waals surface area contributed by atoms with Crippen molar-refractivity contribution in [2.24, 2.45) is 0 Å². The summed E-state index contributed by atoms with van der Waals surface area (Å²) in [7, 11) is 4.19. The lowest BCUT2D eigenvalue weighted by Gasteiger charge is -2.27. The van der Waals surface area contributed by atoms with Crippen molar-refractivity contribution in [1.29, 1.82) is 5.26 Å². The number of aromatic nitrogens is 3. The molecule has 0 saturated carbocycles. The summed E-state index contributed by atoms with van der Waals surface area (Å²) in [6, 6.07) is 13.0. The molecule has 0 unspecified atom stereocenters. The molecule has 0 fully saturated rings. The fraction of sp³-hybridized carbons (Fsp3) is 0.269. The molecule has 1 aliphatic carbocycles. The van der Waals surface area contributed by atoms with Crippen molar-refractivity contribution in [2.75, 3.05) is 19.4 Å². The van der Waals surface area contributed by atoms with Crippen molar-refractivity contribution in [3.05, 3.63) is 81.7 Å². The van der Waals surface area contributed by atoms with Gasteiger partial charge in [-0.3, -0.25) is 14.9 Å². The third-order valence-electron chi connectivity index (χ3n) is 6.33.